The molecule has 29 heavy (non-hydrogen) atoms. The lowest BCUT2D eigenvalue weighted by atomic mass is 9.79. The van der Waals surface area contributed by atoms with Gasteiger partial charge in [0, 0.05) is 37.9 Å². The fourth-order valence-electron chi connectivity index (χ4n) is 4.02. The van der Waals surface area contributed by atoms with Crippen molar-refractivity contribution in [2.24, 2.45) is 5.41 Å². The minimum Gasteiger partial charge on any atom is -0.353 e. The van der Waals surface area contributed by atoms with Gasteiger partial charge in [-0.3, -0.25) is 14.6 Å². The number of carbonyl (C=O) groups excluding carboxylic acids is 2. The van der Waals surface area contributed by atoms with Crippen molar-refractivity contribution in [1.82, 2.24) is 15.2 Å². The Bertz CT molecular complexity index is 833. The summed E-state index contributed by atoms with van der Waals surface area (Å²) in [5.74, 6) is 0.203. The lowest BCUT2D eigenvalue weighted by Crippen LogP contribution is -2.47. The number of amides is 2. The average molecular weight is 394 g/mol. The Morgan fingerprint density at radius 1 is 1.17 bits per heavy atom. The Labute approximate surface area is 173 Å². The summed E-state index contributed by atoms with van der Waals surface area (Å²) in [6.45, 7) is 7.11. The Hall–Kier alpha value is -2.69. The highest BCUT2D eigenvalue weighted by atomic mass is 16.2. The zero-order valence-electron chi connectivity index (χ0n) is 17.6. The molecular formula is C24H31N3O2. The molecule has 5 heteroatoms. The fraction of sp³-hybridized carbons (Fsp3) is 0.458. The zero-order chi connectivity index (χ0) is 20.9. The van der Waals surface area contributed by atoms with Crippen LogP contribution in [0.2, 0.25) is 0 Å². The van der Waals surface area contributed by atoms with E-state index in [2.05, 4.69) is 34.6 Å². The molecule has 154 valence electrons. The van der Waals surface area contributed by atoms with Gasteiger partial charge in [-0.2, -0.15) is 0 Å². The van der Waals surface area contributed by atoms with E-state index in [-0.39, 0.29) is 17.9 Å². The van der Waals surface area contributed by atoms with Gasteiger partial charge >= 0.3 is 0 Å². The molecule has 0 bridgehead atoms. The maximum Gasteiger partial charge on any atom is 0.228 e. The van der Waals surface area contributed by atoms with Crippen LogP contribution in [0.4, 0.5) is 0 Å². The Balaban J connectivity index is 1.80. The van der Waals surface area contributed by atoms with E-state index in [4.69, 9.17) is 0 Å². The predicted molar refractivity (Wildman–Crippen MR) is 115 cm³/mol. The SMILES string of the molecule is CCCC(=O)N1CC[C@](Cc2ccc(-c3cccnc3)cc2)(C(=O)NC(C)C)C1. The van der Waals surface area contributed by atoms with Crippen molar-refractivity contribution in [1.29, 1.82) is 0 Å². The minimum absolute atomic E-state index is 0.0515. The molecule has 0 spiro atoms. The van der Waals surface area contributed by atoms with E-state index in [1.54, 1.807) is 6.20 Å². The molecule has 2 aromatic rings. The van der Waals surface area contributed by atoms with E-state index >= 15 is 0 Å². The van der Waals surface area contributed by atoms with Crippen molar-refractivity contribution in [3.05, 3.63) is 54.4 Å². The molecule has 1 aromatic heterocycles. The third kappa shape index (κ3) is 5.03. The maximum absolute atomic E-state index is 13.1. The second-order valence-electron chi connectivity index (χ2n) is 8.34. The van der Waals surface area contributed by atoms with Crippen LogP contribution in [-0.2, 0) is 16.0 Å². The second kappa shape index (κ2) is 9.21. The summed E-state index contributed by atoms with van der Waals surface area (Å²) in [5, 5.41) is 3.09. The lowest BCUT2D eigenvalue weighted by Gasteiger charge is -2.29. The number of likely N-dealkylation sites (tertiary alicyclic amines) is 1. The summed E-state index contributed by atoms with van der Waals surface area (Å²) in [6, 6.07) is 12.4. The van der Waals surface area contributed by atoms with E-state index in [0.717, 1.165) is 23.1 Å². The summed E-state index contributed by atoms with van der Waals surface area (Å²) in [5.41, 5.74) is 2.72. The van der Waals surface area contributed by atoms with Gasteiger partial charge in [0.05, 0.1) is 5.41 Å². The fourth-order valence-corrected chi connectivity index (χ4v) is 4.02. The summed E-state index contributed by atoms with van der Waals surface area (Å²) in [6.07, 6.45) is 6.32. The Morgan fingerprint density at radius 2 is 1.93 bits per heavy atom. The highest BCUT2D eigenvalue weighted by molar-refractivity contribution is 5.86. The van der Waals surface area contributed by atoms with E-state index in [1.807, 2.05) is 44.0 Å². The van der Waals surface area contributed by atoms with Gasteiger partial charge in [0.15, 0.2) is 0 Å². The van der Waals surface area contributed by atoms with Crippen molar-refractivity contribution in [2.45, 2.75) is 52.5 Å². The number of carbonyl (C=O) groups is 2. The third-order valence-electron chi connectivity index (χ3n) is 5.56. The molecule has 3 rings (SSSR count). The predicted octanol–water partition coefficient (Wildman–Crippen LogP) is 3.83. The largest absolute Gasteiger partial charge is 0.353 e. The molecule has 1 aliphatic rings. The number of aromatic nitrogens is 1. The molecule has 1 fully saturated rings. The van der Waals surface area contributed by atoms with Crippen LogP contribution in [0, 0.1) is 5.41 Å². The first-order valence-corrected chi connectivity index (χ1v) is 10.5. The van der Waals surface area contributed by atoms with Crippen molar-refractivity contribution >= 4 is 11.8 Å². The monoisotopic (exact) mass is 393 g/mol. The molecule has 2 heterocycles. The second-order valence-corrected chi connectivity index (χ2v) is 8.34. The molecule has 5 nitrogen and oxygen atoms in total. The zero-order valence-corrected chi connectivity index (χ0v) is 17.6. The lowest BCUT2D eigenvalue weighted by molar-refractivity contribution is -0.133. The van der Waals surface area contributed by atoms with Gasteiger partial charge in [-0.1, -0.05) is 37.3 Å². The molecule has 0 radical (unpaired) electrons. The first kappa shape index (κ1) is 21.0. The van der Waals surface area contributed by atoms with Gasteiger partial charge in [0.2, 0.25) is 11.8 Å². The minimum atomic E-state index is -0.566. The number of hydrogen-bond donors (Lipinski definition) is 1. The number of nitrogens with zero attached hydrogens (tertiary/aromatic N) is 2. The number of rotatable bonds is 7. The topological polar surface area (TPSA) is 62.3 Å². The standard InChI is InChI=1S/C24H31N3O2/c1-4-6-22(28)27-14-12-24(17-27,23(29)26-18(2)3)15-19-8-10-20(11-9-19)21-7-5-13-25-16-21/h5,7-11,13,16,18H,4,6,12,14-15,17H2,1-3H3,(H,26,29)/t24-/m1/s1. The van der Waals surface area contributed by atoms with E-state index in [1.165, 1.54) is 0 Å². The van der Waals surface area contributed by atoms with Crippen LogP contribution in [0.25, 0.3) is 11.1 Å². The van der Waals surface area contributed by atoms with Crippen LogP contribution in [0.15, 0.2) is 48.8 Å². The van der Waals surface area contributed by atoms with Crippen molar-refractivity contribution in [3.63, 3.8) is 0 Å². The molecule has 1 N–H and O–H groups in total. The van der Waals surface area contributed by atoms with Crippen LogP contribution < -0.4 is 5.32 Å². The van der Waals surface area contributed by atoms with Gasteiger partial charge in [-0.15, -0.1) is 0 Å². The highest BCUT2D eigenvalue weighted by Gasteiger charge is 2.45. The quantitative estimate of drug-likeness (QED) is 0.777. The molecule has 0 saturated carbocycles. The van der Waals surface area contributed by atoms with Gasteiger partial charge in [-0.05, 0) is 55.9 Å². The van der Waals surface area contributed by atoms with Gasteiger partial charge in [0.25, 0.3) is 0 Å². The third-order valence-corrected chi connectivity index (χ3v) is 5.56. The summed E-state index contributed by atoms with van der Waals surface area (Å²) in [7, 11) is 0. The number of hydrogen-bond acceptors (Lipinski definition) is 3. The van der Waals surface area contributed by atoms with Crippen LogP contribution in [-0.4, -0.2) is 40.8 Å². The summed E-state index contributed by atoms with van der Waals surface area (Å²) >= 11 is 0. The molecule has 1 aliphatic heterocycles. The number of benzene rings is 1. The smallest absolute Gasteiger partial charge is 0.228 e. The van der Waals surface area contributed by atoms with Gasteiger partial charge < -0.3 is 10.2 Å². The van der Waals surface area contributed by atoms with E-state index in [0.29, 0.717) is 32.4 Å². The summed E-state index contributed by atoms with van der Waals surface area (Å²) in [4.78, 5) is 31.6. The van der Waals surface area contributed by atoms with Crippen molar-refractivity contribution in [3.8, 4) is 11.1 Å². The Morgan fingerprint density at radius 3 is 2.55 bits per heavy atom. The van der Waals surface area contributed by atoms with Gasteiger partial charge in [-0.25, -0.2) is 0 Å². The highest BCUT2D eigenvalue weighted by Crippen LogP contribution is 2.36. The molecule has 0 unspecified atom stereocenters. The van der Waals surface area contributed by atoms with Crippen LogP contribution in [0.5, 0.6) is 0 Å². The molecule has 1 atom stereocenters. The number of pyridine rings is 1. The van der Waals surface area contributed by atoms with Crippen molar-refractivity contribution < 1.29 is 9.59 Å². The van der Waals surface area contributed by atoms with E-state index in [9.17, 15) is 9.59 Å². The molecular weight excluding hydrogens is 362 g/mol. The van der Waals surface area contributed by atoms with Crippen LogP contribution in [0.1, 0.15) is 45.6 Å². The summed E-state index contributed by atoms with van der Waals surface area (Å²) < 4.78 is 0. The first-order chi connectivity index (χ1) is 13.9. The van der Waals surface area contributed by atoms with Crippen LogP contribution >= 0.6 is 0 Å². The average Bonchev–Trinajstić information content (AvgIpc) is 3.14. The number of nitrogens with one attached hydrogen (secondary N) is 1. The maximum atomic E-state index is 13.1. The van der Waals surface area contributed by atoms with Crippen LogP contribution in [0.3, 0.4) is 0 Å². The van der Waals surface area contributed by atoms with Crippen molar-refractivity contribution in [2.75, 3.05) is 13.1 Å². The first-order valence-electron chi connectivity index (χ1n) is 10.5. The van der Waals surface area contributed by atoms with E-state index < -0.39 is 5.41 Å². The molecule has 1 saturated heterocycles. The molecule has 0 aliphatic carbocycles. The molecule has 1 aromatic carbocycles. The molecule has 2 amide bonds. The van der Waals surface area contributed by atoms with Gasteiger partial charge in [0.1, 0.15) is 0 Å². The Kier molecular flexibility index (Phi) is 6.68. The normalized spacial score (nSPS) is 18.8.